The predicted octanol–water partition coefficient (Wildman–Crippen LogP) is 5.35. The summed E-state index contributed by atoms with van der Waals surface area (Å²) in [5, 5.41) is 0. The van der Waals surface area contributed by atoms with Gasteiger partial charge in [0.05, 0.1) is 0 Å². The normalized spacial score (nSPS) is 22.3. The zero-order valence-electron chi connectivity index (χ0n) is 16.7. The van der Waals surface area contributed by atoms with Crippen molar-refractivity contribution in [3.8, 4) is 0 Å². The van der Waals surface area contributed by atoms with Gasteiger partial charge in [-0.2, -0.15) is 0 Å². The Kier molecular flexibility index (Phi) is 5.44. The maximum atomic E-state index is 12.2. The molecule has 1 aliphatic rings. The van der Waals surface area contributed by atoms with Crippen LogP contribution >= 0.6 is 0 Å². The highest BCUT2D eigenvalue weighted by Gasteiger charge is 2.53. The van der Waals surface area contributed by atoms with Gasteiger partial charge >= 0.3 is 8.84 Å². The van der Waals surface area contributed by atoms with Crippen molar-refractivity contribution in [1.82, 2.24) is 4.57 Å². The van der Waals surface area contributed by atoms with E-state index in [4.69, 9.17) is 0 Å². The topological polar surface area (TPSA) is 20.3 Å². The SMILES string of the molecule is CCCCC1(CC(C)(C)N(C)[Si](C)=O)c2ccccc2CC1(C)C. The standard InChI is InChI=1S/C21H35NOSi/c1-8-9-14-21(16-20(4,5)22(6)24(7)23)18-13-11-10-12-17(18)15-19(21,2)3/h10-13H,8-9,14-16H2,1-7H3. The summed E-state index contributed by atoms with van der Waals surface area (Å²) in [6, 6.07) is 9.03. The van der Waals surface area contributed by atoms with Gasteiger partial charge in [-0.05, 0) is 56.2 Å². The molecule has 1 aromatic rings. The first-order valence-corrected chi connectivity index (χ1v) is 11.3. The Labute approximate surface area is 150 Å². The second kappa shape index (κ2) is 6.74. The number of nitrogens with zero attached hydrogens (tertiary/aromatic N) is 1. The minimum Gasteiger partial charge on any atom is -0.375 e. The summed E-state index contributed by atoms with van der Waals surface area (Å²) in [7, 11) is 0.343. The first-order valence-electron chi connectivity index (χ1n) is 9.40. The molecule has 0 spiro atoms. The summed E-state index contributed by atoms with van der Waals surface area (Å²) in [4.78, 5) is 0. The highest BCUT2D eigenvalue weighted by Crippen LogP contribution is 2.58. The van der Waals surface area contributed by atoms with Crippen LogP contribution in [-0.2, 0) is 16.3 Å². The van der Waals surface area contributed by atoms with Crippen LogP contribution in [0.15, 0.2) is 24.3 Å². The summed E-state index contributed by atoms with van der Waals surface area (Å²) in [5.74, 6) is 0. The fraction of sp³-hybridized carbons (Fsp3) is 0.714. The van der Waals surface area contributed by atoms with E-state index in [-0.39, 0.29) is 16.4 Å². The number of hydrogen-bond acceptors (Lipinski definition) is 1. The average molecular weight is 346 g/mol. The van der Waals surface area contributed by atoms with E-state index < -0.39 is 8.84 Å². The van der Waals surface area contributed by atoms with Crippen molar-refractivity contribution in [2.75, 3.05) is 7.05 Å². The Bertz CT molecular complexity index is 608. The number of fused-ring (bicyclic) bond motifs is 1. The van der Waals surface area contributed by atoms with Gasteiger partial charge in [-0.15, -0.1) is 0 Å². The molecule has 1 atom stereocenters. The lowest BCUT2D eigenvalue weighted by Crippen LogP contribution is -2.52. The Morgan fingerprint density at radius 3 is 2.46 bits per heavy atom. The molecule has 0 radical (unpaired) electrons. The molecule has 0 heterocycles. The molecule has 0 N–H and O–H groups in total. The molecule has 0 aliphatic heterocycles. The van der Waals surface area contributed by atoms with Gasteiger partial charge in [0.1, 0.15) is 0 Å². The van der Waals surface area contributed by atoms with E-state index in [1.807, 2.05) is 13.6 Å². The van der Waals surface area contributed by atoms with Crippen LogP contribution in [0.25, 0.3) is 0 Å². The smallest absolute Gasteiger partial charge is 0.375 e. The van der Waals surface area contributed by atoms with Crippen LogP contribution in [0, 0.1) is 5.41 Å². The van der Waals surface area contributed by atoms with Crippen molar-refractivity contribution in [3.63, 3.8) is 0 Å². The van der Waals surface area contributed by atoms with Crippen molar-refractivity contribution in [2.24, 2.45) is 5.41 Å². The third-order valence-electron chi connectivity index (χ3n) is 6.53. The molecule has 1 unspecified atom stereocenters. The molecular formula is C21H35NOSi. The van der Waals surface area contributed by atoms with Gasteiger partial charge in [0.2, 0.25) is 0 Å². The van der Waals surface area contributed by atoms with Crippen LogP contribution in [0.5, 0.6) is 0 Å². The highest BCUT2D eigenvalue weighted by atomic mass is 28.3. The molecule has 1 aromatic carbocycles. The maximum Gasteiger partial charge on any atom is 0.391 e. The Morgan fingerprint density at radius 1 is 1.25 bits per heavy atom. The van der Waals surface area contributed by atoms with Crippen LogP contribution < -0.4 is 0 Å². The summed E-state index contributed by atoms with van der Waals surface area (Å²) in [6.45, 7) is 13.6. The van der Waals surface area contributed by atoms with Crippen molar-refractivity contribution in [3.05, 3.63) is 35.4 Å². The third-order valence-corrected chi connectivity index (χ3v) is 8.08. The summed E-state index contributed by atoms with van der Waals surface area (Å²) in [6.07, 6.45) is 5.90. The lowest BCUT2D eigenvalue weighted by molar-refractivity contribution is 0.0886. The molecule has 0 amide bonds. The van der Waals surface area contributed by atoms with Gasteiger partial charge in [0, 0.05) is 18.0 Å². The number of unbranched alkanes of at least 4 members (excludes halogenated alkanes) is 1. The minimum absolute atomic E-state index is 0.0761. The molecule has 0 saturated heterocycles. The van der Waals surface area contributed by atoms with Gasteiger partial charge in [-0.25, -0.2) is 0 Å². The first-order chi connectivity index (χ1) is 11.1. The second-order valence-corrected chi connectivity index (χ2v) is 10.7. The van der Waals surface area contributed by atoms with Crippen LogP contribution in [0.4, 0.5) is 0 Å². The molecule has 3 heteroatoms. The quantitative estimate of drug-likeness (QED) is 0.621. The predicted molar refractivity (Wildman–Crippen MR) is 104 cm³/mol. The second-order valence-electron chi connectivity index (χ2n) is 8.97. The van der Waals surface area contributed by atoms with Gasteiger partial charge < -0.3 is 9.03 Å². The molecule has 0 saturated carbocycles. The fourth-order valence-electron chi connectivity index (χ4n) is 4.81. The van der Waals surface area contributed by atoms with E-state index in [1.54, 1.807) is 5.56 Å². The lowest BCUT2D eigenvalue weighted by Gasteiger charge is -2.50. The first kappa shape index (κ1) is 19.4. The lowest BCUT2D eigenvalue weighted by atomic mass is 9.58. The number of rotatable bonds is 7. The molecule has 2 rings (SSSR count). The van der Waals surface area contributed by atoms with Crippen molar-refractivity contribution >= 4 is 8.84 Å². The van der Waals surface area contributed by atoms with Gasteiger partial charge in [0.25, 0.3) is 0 Å². The van der Waals surface area contributed by atoms with Crippen molar-refractivity contribution in [1.29, 1.82) is 0 Å². The Balaban J connectivity index is 2.52. The molecule has 24 heavy (non-hydrogen) atoms. The van der Waals surface area contributed by atoms with Crippen molar-refractivity contribution in [2.45, 2.75) is 84.2 Å². The average Bonchev–Trinajstić information content (AvgIpc) is 2.71. The zero-order valence-corrected chi connectivity index (χ0v) is 17.7. The minimum atomic E-state index is -1.69. The van der Waals surface area contributed by atoms with Gasteiger partial charge in [-0.3, -0.25) is 0 Å². The van der Waals surface area contributed by atoms with E-state index in [0.717, 1.165) is 12.8 Å². The van der Waals surface area contributed by atoms with Crippen molar-refractivity contribution < 1.29 is 4.46 Å². The number of hydrogen-bond donors (Lipinski definition) is 0. The largest absolute Gasteiger partial charge is 0.391 e. The summed E-state index contributed by atoms with van der Waals surface area (Å²) in [5.41, 5.74) is 3.37. The monoisotopic (exact) mass is 345 g/mol. The molecule has 0 aromatic heterocycles. The van der Waals surface area contributed by atoms with Crippen LogP contribution in [0.3, 0.4) is 0 Å². The molecule has 2 nitrogen and oxygen atoms in total. The molecule has 1 aliphatic carbocycles. The van der Waals surface area contributed by atoms with E-state index in [9.17, 15) is 4.46 Å². The molecule has 0 fully saturated rings. The maximum absolute atomic E-state index is 12.2. The van der Waals surface area contributed by atoms with E-state index >= 15 is 0 Å². The molecular weight excluding hydrogens is 310 g/mol. The van der Waals surface area contributed by atoms with Gasteiger partial charge in [0.15, 0.2) is 0 Å². The summed E-state index contributed by atoms with van der Waals surface area (Å²) >= 11 is 0. The van der Waals surface area contributed by atoms with E-state index in [1.165, 1.54) is 24.8 Å². The van der Waals surface area contributed by atoms with E-state index in [0.29, 0.717) is 0 Å². The zero-order chi connectivity index (χ0) is 18.2. The van der Waals surface area contributed by atoms with E-state index in [2.05, 4.69) is 63.4 Å². The third kappa shape index (κ3) is 3.24. The molecule has 134 valence electrons. The Morgan fingerprint density at radius 2 is 1.88 bits per heavy atom. The number of benzene rings is 1. The fourth-order valence-corrected chi connectivity index (χ4v) is 5.74. The van der Waals surface area contributed by atoms with Gasteiger partial charge in [-0.1, -0.05) is 57.9 Å². The van der Waals surface area contributed by atoms with Crippen LogP contribution in [-0.4, -0.2) is 26.0 Å². The highest BCUT2D eigenvalue weighted by molar-refractivity contribution is 6.37. The Hall–Kier alpha value is -0.963. The van der Waals surface area contributed by atoms with Crippen LogP contribution in [0.1, 0.15) is 71.4 Å². The summed E-state index contributed by atoms with van der Waals surface area (Å²) < 4.78 is 14.3. The van der Waals surface area contributed by atoms with Crippen LogP contribution in [0.2, 0.25) is 6.55 Å². The molecule has 0 bridgehead atoms.